The second-order valence-electron chi connectivity index (χ2n) is 6.37. The Hall–Kier alpha value is -4.01. The lowest BCUT2D eigenvalue weighted by Crippen LogP contribution is -2.20. The van der Waals surface area contributed by atoms with Crippen LogP contribution in [-0.2, 0) is 11.3 Å². The summed E-state index contributed by atoms with van der Waals surface area (Å²) in [6.07, 6.45) is 4.07. The number of hydrogen-bond acceptors (Lipinski definition) is 5. The zero-order valence-corrected chi connectivity index (χ0v) is 16.9. The number of ether oxygens (including phenoxy) is 3. The van der Waals surface area contributed by atoms with Gasteiger partial charge in [0, 0.05) is 30.4 Å². The van der Waals surface area contributed by atoms with Crippen LogP contribution in [0.5, 0.6) is 23.1 Å². The molecule has 2 aromatic carbocycles. The molecule has 0 unspecified atom stereocenters. The number of nitrogens with one attached hydrogen (secondary N) is 1. The van der Waals surface area contributed by atoms with E-state index in [4.69, 9.17) is 9.47 Å². The number of halogens is 3. The average Bonchev–Trinajstić information content (AvgIpc) is 2.78. The number of para-hydroxylation sites is 1. The molecule has 0 atom stereocenters. The lowest BCUT2D eigenvalue weighted by atomic mass is 10.1. The van der Waals surface area contributed by atoms with Gasteiger partial charge in [0.15, 0.2) is 11.5 Å². The molecule has 1 aromatic heterocycles. The van der Waals surface area contributed by atoms with Crippen LogP contribution in [0.3, 0.4) is 0 Å². The maximum absolute atomic E-state index is 13.0. The van der Waals surface area contributed by atoms with Crippen molar-refractivity contribution in [2.24, 2.45) is 0 Å². The Morgan fingerprint density at radius 2 is 1.94 bits per heavy atom. The maximum atomic E-state index is 13.0. The number of rotatable bonds is 9. The van der Waals surface area contributed by atoms with Crippen LogP contribution in [0.2, 0.25) is 0 Å². The van der Waals surface area contributed by atoms with Gasteiger partial charge in [0.25, 0.3) is 0 Å². The molecule has 0 saturated heterocycles. The Morgan fingerprint density at radius 1 is 1.16 bits per heavy atom. The summed E-state index contributed by atoms with van der Waals surface area (Å²) in [5.74, 6) is -0.165. The van der Waals surface area contributed by atoms with Gasteiger partial charge < -0.3 is 19.5 Å². The van der Waals surface area contributed by atoms with Crippen molar-refractivity contribution in [3.05, 3.63) is 83.8 Å². The molecule has 0 radical (unpaired) electrons. The number of carbonyl (C=O) groups is 1. The van der Waals surface area contributed by atoms with E-state index in [1.807, 2.05) is 0 Å². The fraction of sp³-hybridized carbons (Fsp3) is 0.130. The Balaban J connectivity index is 1.62. The van der Waals surface area contributed by atoms with Gasteiger partial charge in [-0.05, 0) is 48.0 Å². The molecule has 32 heavy (non-hydrogen) atoms. The van der Waals surface area contributed by atoms with Gasteiger partial charge in [0.05, 0.1) is 7.11 Å². The smallest absolute Gasteiger partial charge is 0.387 e. The summed E-state index contributed by atoms with van der Waals surface area (Å²) in [5.41, 5.74) is 0.973. The minimum absolute atomic E-state index is 0.123. The molecule has 0 bridgehead atoms. The Kier molecular flexibility index (Phi) is 7.69. The monoisotopic (exact) mass is 444 g/mol. The van der Waals surface area contributed by atoms with Gasteiger partial charge in [-0.2, -0.15) is 8.78 Å². The standard InChI is InChI=1S/C23H19F3N2O4/c1-30-19-4-2-3-16(22(19)32-23(25)26)5-10-20(29)28-14-15-11-12-27-21(13-15)31-18-8-6-17(24)7-9-18/h2-13,23H,14H2,1H3,(H,28,29)/b10-5+. The van der Waals surface area contributed by atoms with Crippen LogP contribution < -0.4 is 19.5 Å². The van der Waals surface area contributed by atoms with Crippen molar-refractivity contribution >= 4 is 12.0 Å². The van der Waals surface area contributed by atoms with Crippen molar-refractivity contribution in [2.45, 2.75) is 13.2 Å². The average molecular weight is 444 g/mol. The minimum atomic E-state index is -3.04. The van der Waals surface area contributed by atoms with Gasteiger partial charge >= 0.3 is 6.61 Å². The largest absolute Gasteiger partial charge is 0.493 e. The summed E-state index contributed by atoms with van der Waals surface area (Å²) in [4.78, 5) is 16.3. The predicted octanol–water partition coefficient (Wildman–Crippen LogP) is 4.95. The lowest BCUT2D eigenvalue weighted by molar-refractivity contribution is -0.116. The highest BCUT2D eigenvalue weighted by molar-refractivity contribution is 5.92. The topological polar surface area (TPSA) is 69.7 Å². The van der Waals surface area contributed by atoms with Gasteiger partial charge in [-0.25, -0.2) is 9.37 Å². The van der Waals surface area contributed by atoms with E-state index >= 15 is 0 Å². The van der Waals surface area contributed by atoms with Crippen molar-refractivity contribution < 1.29 is 32.2 Å². The number of pyridine rings is 1. The molecule has 1 N–H and O–H groups in total. The van der Waals surface area contributed by atoms with Crippen molar-refractivity contribution in [1.82, 2.24) is 10.3 Å². The molecule has 1 heterocycles. The molecular formula is C23H19F3N2O4. The SMILES string of the molecule is COc1cccc(/C=C/C(=O)NCc2ccnc(Oc3ccc(F)cc3)c2)c1OC(F)F. The summed E-state index contributed by atoms with van der Waals surface area (Å²) in [6.45, 7) is -2.87. The van der Waals surface area contributed by atoms with E-state index in [0.717, 1.165) is 0 Å². The van der Waals surface area contributed by atoms with Crippen LogP contribution in [0.4, 0.5) is 13.2 Å². The lowest BCUT2D eigenvalue weighted by Gasteiger charge is -2.12. The molecule has 0 spiro atoms. The molecule has 3 rings (SSSR count). The Morgan fingerprint density at radius 3 is 2.66 bits per heavy atom. The second-order valence-corrected chi connectivity index (χ2v) is 6.37. The van der Waals surface area contributed by atoms with E-state index in [2.05, 4.69) is 15.0 Å². The molecule has 1 amide bonds. The van der Waals surface area contributed by atoms with E-state index in [9.17, 15) is 18.0 Å². The van der Waals surface area contributed by atoms with E-state index < -0.39 is 12.5 Å². The number of aromatic nitrogens is 1. The molecular weight excluding hydrogens is 425 g/mol. The third-order valence-corrected chi connectivity index (χ3v) is 4.15. The van der Waals surface area contributed by atoms with E-state index in [1.54, 1.807) is 18.2 Å². The fourth-order valence-electron chi connectivity index (χ4n) is 2.69. The first-order valence-corrected chi connectivity index (χ1v) is 9.40. The first-order valence-electron chi connectivity index (χ1n) is 9.40. The first kappa shape index (κ1) is 22.7. The third kappa shape index (κ3) is 6.49. The zero-order chi connectivity index (χ0) is 22.9. The quantitative estimate of drug-likeness (QED) is 0.473. The highest BCUT2D eigenvalue weighted by atomic mass is 19.3. The van der Waals surface area contributed by atoms with E-state index in [0.29, 0.717) is 11.3 Å². The number of methoxy groups -OCH3 is 1. The van der Waals surface area contributed by atoms with E-state index in [-0.39, 0.29) is 35.3 Å². The summed E-state index contributed by atoms with van der Waals surface area (Å²) < 4.78 is 53.5. The highest BCUT2D eigenvalue weighted by Gasteiger charge is 2.14. The van der Waals surface area contributed by atoms with Crippen LogP contribution >= 0.6 is 0 Å². The Labute approximate surface area is 182 Å². The second kappa shape index (κ2) is 10.9. The van der Waals surface area contributed by atoms with Crippen LogP contribution in [0, 0.1) is 5.82 Å². The molecule has 0 aliphatic carbocycles. The van der Waals surface area contributed by atoms with Crippen molar-refractivity contribution in [1.29, 1.82) is 0 Å². The summed E-state index contributed by atoms with van der Waals surface area (Å²) in [7, 11) is 1.33. The minimum Gasteiger partial charge on any atom is -0.493 e. The van der Waals surface area contributed by atoms with Crippen molar-refractivity contribution in [3.8, 4) is 23.1 Å². The molecule has 0 aliphatic heterocycles. The molecule has 9 heteroatoms. The maximum Gasteiger partial charge on any atom is 0.387 e. The Bertz CT molecular complexity index is 1090. The van der Waals surface area contributed by atoms with Gasteiger partial charge in [0.1, 0.15) is 11.6 Å². The first-order chi connectivity index (χ1) is 15.4. The molecule has 0 saturated carbocycles. The molecule has 0 aliphatic rings. The molecule has 166 valence electrons. The van der Waals surface area contributed by atoms with Gasteiger partial charge in [-0.3, -0.25) is 4.79 Å². The number of amides is 1. The van der Waals surface area contributed by atoms with Crippen molar-refractivity contribution in [2.75, 3.05) is 7.11 Å². The third-order valence-electron chi connectivity index (χ3n) is 4.15. The van der Waals surface area contributed by atoms with Crippen LogP contribution in [0.1, 0.15) is 11.1 Å². The zero-order valence-electron chi connectivity index (χ0n) is 16.9. The van der Waals surface area contributed by atoms with Crippen LogP contribution in [0.15, 0.2) is 66.9 Å². The normalized spacial score (nSPS) is 10.9. The number of benzene rings is 2. The molecule has 0 fully saturated rings. The number of hydrogen-bond donors (Lipinski definition) is 1. The number of carbonyl (C=O) groups excluding carboxylic acids is 1. The summed E-state index contributed by atoms with van der Waals surface area (Å²) in [5, 5.41) is 2.68. The van der Waals surface area contributed by atoms with Gasteiger partial charge in [-0.1, -0.05) is 12.1 Å². The number of nitrogens with zero attached hydrogens (tertiary/aromatic N) is 1. The number of alkyl halides is 2. The molecule has 3 aromatic rings. The van der Waals surface area contributed by atoms with Gasteiger partial charge in [0.2, 0.25) is 11.8 Å². The summed E-state index contributed by atoms with van der Waals surface area (Å²) in [6, 6.07) is 13.4. The molecule has 6 nitrogen and oxygen atoms in total. The van der Waals surface area contributed by atoms with Crippen LogP contribution in [-0.4, -0.2) is 24.6 Å². The highest BCUT2D eigenvalue weighted by Crippen LogP contribution is 2.33. The summed E-state index contributed by atoms with van der Waals surface area (Å²) >= 11 is 0. The fourth-order valence-corrected chi connectivity index (χ4v) is 2.69. The van der Waals surface area contributed by atoms with E-state index in [1.165, 1.54) is 61.9 Å². The predicted molar refractivity (Wildman–Crippen MR) is 111 cm³/mol. The van der Waals surface area contributed by atoms with Crippen molar-refractivity contribution in [3.63, 3.8) is 0 Å². The van der Waals surface area contributed by atoms with Gasteiger partial charge in [-0.15, -0.1) is 0 Å². The van der Waals surface area contributed by atoms with Crippen LogP contribution in [0.25, 0.3) is 6.08 Å².